The van der Waals surface area contributed by atoms with Crippen LogP contribution >= 0.6 is 0 Å². The number of aromatic carboxylic acids is 1. The number of alkyl halides is 2. The first-order valence-electron chi connectivity index (χ1n) is 6.41. The van der Waals surface area contributed by atoms with Crippen LogP contribution in [-0.4, -0.2) is 23.6 Å². The summed E-state index contributed by atoms with van der Waals surface area (Å²) in [5.41, 5.74) is -0.422. The Labute approximate surface area is 114 Å². The molecule has 0 unspecified atom stereocenters. The number of hydrogen-bond donors (Lipinski definition) is 1. The zero-order valence-electron chi connectivity index (χ0n) is 10.7. The van der Waals surface area contributed by atoms with Gasteiger partial charge in [0, 0.05) is 18.9 Å². The SMILES string of the molecule is O=C(O)c1ccc(OCC2CCC(F)(F)CC2)cc1F. The van der Waals surface area contributed by atoms with Crippen LogP contribution in [0.15, 0.2) is 18.2 Å². The second-order valence-corrected chi connectivity index (χ2v) is 5.06. The summed E-state index contributed by atoms with van der Waals surface area (Å²) in [4.78, 5) is 10.6. The highest BCUT2D eigenvalue weighted by Crippen LogP contribution is 2.36. The van der Waals surface area contributed by atoms with Crippen LogP contribution in [0.5, 0.6) is 5.75 Å². The first kappa shape index (κ1) is 14.7. The number of hydrogen-bond acceptors (Lipinski definition) is 2. The predicted molar refractivity (Wildman–Crippen MR) is 65.8 cm³/mol. The molecule has 0 atom stereocenters. The van der Waals surface area contributed by atoms with Gasteiger partial charge in [0.2, 0.25) is 5.92 Å². The largest absolute Gasteiger partial charge is 0.493 e. The predicted octanol–water partition coefficient (Wildman–Crippen LogP) is 3.73. The number of rotatable bonds is 4. The minimum absolute atomic E-state index is 0.0248. The molecule has 1 aromatic rings. The van der Waals surface area contributed by atoms with Crippen molar-refractivity contribution in [3.05, 3.63) is 29.6 Å². The lowest BCUT2D eigenvalue weighted by molar-refractivity contribution is -0.0498. The number of carbonyl (C=O) groups is 1. The van der Waals surface area contributed by atoms with E-state index < -0.39 is 23.3 Å². The van der Waals surface area contributed by atoms with E-state index in [9.17, 15) is 18.0 Å². The summed E-state index contributed by atoms with van der Waals surface area (Å²) in [7, 11) is 0. The van der Waals surface area contributed by atoms with Gasteiger partial charge >= 0.3 is 5.97 Å². The molecule has 20 heavy (non-hydrogen) atoms. The van der Waals surface area contributed by atoms with E-state index in [1.165, 1.54) is 6.07 Å². The van der Waals surface area contributed by atoms with Crippen molar-refractivity contribution in [3.8, 4) is 5.75 Å². The minimum atomic E-state index is -2.58. The topological polar surface area (TPSA) is 46.5 Å². The highest BCUT2D eigenvalue weighted by Gasteiger charge is 2.35. The quantitative estimate of drug-likeness (QED) is 0.918. The smallest absolute Gasteiger partial charge is 0.338 e. The molecule has 0 heterocycles. The van der Waals surface area contributed by atoms with E-state index in [0.717, 1.165) is 12.1 Å². The van der Waals surface area contributed by atoms with Gasteiger partial charge in [-0.3, -0.25) is 0 Å². The summed E-state index contributed by atoms with van der Waals surface area (Å²) in [5, 5.41) is 8.69. The molecule has 0 bridgehead atoms. The average molecular weight is 288 g/mol. The van der Waals surface area contributed by atoms with Crippen molar-refractivity contribution in [1.82, 2.24) is 0 Å². The average Bonchev–Trinajstić information content (AvgIpc) is 2.37. The van der Waals surface area contributed by atoms with E-state index in [4.69, 9.17) is 9.84 Å². The van der Waals surface area contributed by atoms with E-state index >= 15 is 0 Å². The Kier molecular flexibility index (Phi) is 4.20. The molecule has 1 saturated carbocycles. The number of benzene rings is 1. The molecule has 0 spiro atoms. The fraction of sp³-hybridized carbons (Fsp3) is 0.500. The zero-order chi connectivity index (χ0) is 14.8. The summed E-state index contributed by atoms with van der Waals surface area (Å²) < 4.78 is 44.7. The van der Waals surface area contributed by atoms with Crippen molar-refractivity contribution < 1.29 is 27.8 Å². The van der Waals surface area contributed by atoms with Crippen LogP contribution in [0.4, 0.5) is 13.2 Å². The van der Waals surface area contributed by atoms with E-state index in [0.29, 0.717) is 12.8 Å². The Morgan fingerprint density at radius 3 is 2.55 bits per heavy atom. The van der Waals surface area contributed by atoms with Crippen molar-refractivity contribution in [2.75, 3.05) is 6.61 Å². The molecule has 0 aromatic heterocycles. The fourth-order valence-corrected chi connectivity index (χ4v) is 2.24. The first-order valence-corrected chi connectivity index (χ1v) is 6.41. The first-order chi connectivity index (χ1) is 9.37. The van der Waals surface area contributed by atoms with Gasteiger partial charge in [0.1, 0.15) is 11.6 Å². The molecule has 1 aliphatic rings. The molecule has 2 rings (SSSR count). The molecule has 1 aromatic carbocycles. The van der Waals surface area contributed by atoms with Crippen molar-refractivity contribution in [1.29, 1.82) is 0 Å². The third kappa shape index (κ3) is 3.65. The van der Waals surface area contributed by atoms with Gasteiger partial charge in [0.15, 0.2) is 0 Å². The van der Waals surface area contributed by atoms with Gasteiger partial charge in [-0.1, -0.05) is 0 Å². The van der Waals surface area contributed by atoms with E-state index in [1.54, 1.807) is 0 Å². The Morgan fingerprint density at radius 2 is 2.00 bits per heavy atom. The van der Waals surface area contributed by atoms with Crippen LogP contribution in [0, 0.1) is 11.7 Å². The molecule has 1 aliphatic carbocycles. The van der Waals surface area contributed by atoms with Crippen LogP contribution in [0.25, 0.3) is 0 Å². The molecular formula is C14H15F3O3. The Hall–Kier alpha value is -1.72. The van der Waals surface area contributed by atoms with Gasteiger partial charge in [0.05, 0.1) is 12.2 Å². The van der Waals surface area contributed by atoms with Gasteiger partial charge in [-0.05, 0) is 30.9 Å². The number of carboxylic acids is 1. The fourth-order valence-electron chi connectivity index (χ4n) is 2.24. The van der Waals surface area contributed by atoms with Gasteiger partial charge in [-0.25, -0.2) is 18.0 Å². The summed E-state index contributed by atoms with van der Waals surface area (Å²) >= 11 is 0. The highest BCUT2D eigenvalue weighted by molar-refractivity contribution is 5.88. The van der Waals surface area contributed by atoms with Crippen LogP contribution < -0.4 is 4.74 Å². The van der Waals surface area contributed by atoms with Crippen LogP contribution in [0.3, 0.4) is 0 Å². The van der Waals surface area contributed by atoms with Crippen molar-refractivity contribution in [2.24, 2.45) is 5.92 Å². The molecule has 1 N–H and O–H groups in total. The lowest BCUT2D eigenvalue weighted by atomic mass is 9.87. The molecule has 0 aliphatic heterocycles. The third-order valence-electron chi connectivity index (χ3n) is 3.49. The number of halogens is 3. The monoisotopic (exact) mass is 288 g/mol. The van der Waals surface area contributed by atoms with Crippen LogP contribution in [0.2, 0.25) is 0 Å². The summed E-state index contributed by atoms with van der Waals surface area (Å²) in [6.07, 6.45) is 0.464. The van der Waals surface area contributed by atoms with E-state index in [2.05, 4.69) is 0 Å². The minimum Gasteiger partial charge on any atom is -0.493 e. The second kappa shape index (κ2) is 5.73. The summed E-state index contributed by atoms with van der Waals surface area (Å²) in [6.45, 7) is 0.238. The molecule has 3 nitrogen and oxygen atoms in total. The summed E-state index contributed by atoms with van der Waals surface area (Å²) in [5.74, 6) is -4.55. The van der Waals surface area contributed by atoms with Crippen LogP contribution in [-0.2, 0) is 0 Å². The van der Waals surface area contributed by atoms with Crippen molar-refractivity contribution in [3.63, 3.8) is 0 Å². The van der Waals surface area contributed by atoms with Gasteiger partial charge in [-0.15, -0.1) is 0 Å². The maximum absolute atomic E-state index is 13.4. The van der Waals surface area contributed by atoms with E-state index in [1.807, 2.05) is 0 Å². The van der Waals surface area contributed by atoms with Gasteiger partial charge in [0.25, 0.3) is 0 Å². The second-order valence-electron chi connectivity index (χ2n) is 5.06. The molecule has 6 heteroatoms. The molecule has 0 radical (unpaired) electrons. The molecule has 0 saturated heterocycles. The zero-order valence-corrected chi connectivity index (χ0v) is 10.7. The molecule has 0 amide bonds. The van der Waals surface area contributed by atoms with E-state index in [-0.39, 0.29) is 31.1 Å². The van der Waals surface area contributed by atoms with Gasteiger partial charge < -0.3 is 9.84 Å². The molecule has 110 valence electrons. The van der Waals surface area contributed by atoms with Crippen molar-refractivity contribution >= 4 is 5.97 Å². The normalized spacial score (nSPS) is 18.8. The lowest BCUT2D eigenvalue weighted by Crippen LogP contribution is -2.27. The van der Waals surface area contributed by atoms with Gasteiger partial charge in [-0.2, -0.15) is 0 Å². The number of ether oxygens (including phenoxy) is 1. The molecule has 1 fully saturated rings. The number of carboxylic acid groups (broad SMARTS) is 1. The Morgan fingerprint density at radius 1 is 1.35 bits per heavy atom. The standard InChI is InChI=1S/C14H15F3O3/c15-12-7-10(1-2-11(12)13(18)19)20-8-9-3-5-14(16,17)6-4-9/h1-2,7,9H,3-6,8H2,(H,18,19). The lowest BCUT2D eigenvalue weighted by Gasteiger charge is -2.28. The maximum Gasteiger partial charge on any atom is 0.338 e. The maximum atomic E-state index is 13.4. The highest BCUT2D eigenvalue weighted by atomic mass is 19.3. The van der Waals surface area contributed by atoms with Crippen molar-refractivity contribution in [2.45, 2.75) is 31.6 Å². The Bertz CT molecular complexity index is 492. The summed E-state index contributed by atoms with van der Waals surface area (Å²) in [6, 6.07) is 3.49. The third-order valence-corrected chi connectivity index (χ3v) is 3.49. The van der Waals surface area contributed by atoms with Crippen LogP contribution in [0.1, 0.15) is 36.0 Å². The Balaban J connectivity index is 1.89. The molecular weight excluding hydrogens is 273 g/mol.